The topological polar surface area (TPSA) is 76.2 Å². The van der Waals surface area contributed by atoms with Crippen LogP contribution in [0, 0.1) is 5.82 Å². The van der Waals surface area contributed by atoms with Crippen LogP contribution in [0.1, 0.15) is 24.2 Å². The van der Waals surface area contributed by atoms with Crippen LogP contribution in [0.25, 0.3) is 0 Å². The molecule has 1 aromatic rings. The molecule has 3 amide bonds. The van der Waals surface area contributed by atoms with E-state index in [1.807, 2.05) is 0 Å². The summed E-state index contributed by atoms with van der Waals surface area (Å²) in [5.41, 5.74) is -0.454. The van der Waals surface area contributed by atoms with Crippen molar-refractivity contribution >= 4 is 35.2 Å². The summed E-state index contributed by atoms with van der Waals surface area (Å²) < 4.78 is 24.4. The standard InChI is InChI=1S/C15H14ClFN2O5/c1-7(2)24-14(21)8-3-11(10(17)4-9(8)16)19-13(20)12-5-23-6-18(12)15(19)22/h3-4,7,12H,5-6H2,1-2H3/t12-/m1/s1. The van der Waals surface area contributed by atoms with E-state index in [0.29, 0.717) is 4.90 Å². The molecule has 2 fully saturated rings. The lowest BCUT2D eigenvalue weighted by Gasteiger charge is -2.18. The van der Waals surface area contributed by atoms with Crippen LogP contribution < -0.4 is 4.90 Å². The van der Waals surface area contributed by atoms with E-state index < -0.39 is 35.9 Å². The van der Waals surface area contributed by atoms with Crippen molar-refractivity contribution in [1.29, 1.82) is 0 Å². The summed E-state index contributed by atoms with van der Waals surface area (Å²) >= 11 is 5.90. The molecule has 0 bridgehead atoms. The van der Waals surface area contributed by atoms with Crippen LogP contribution in [0.5, 0.6) is 0 Å². The maximum Gasteiger partial charge on any atom is 0.339 e. The van der Waals surface area contributed by atoms with Gasteiger partial charge in [-0.1, -0.05) is 11.6 Å². The number of carbonyl (C=O) groups excluding carboxylic acids is 3. The second-order valence-electron chi connectivity index (χ2n) is 5.68. The van der Waals surface area contributed by atoms with Gasteiger partial charge in [0, 0.05) is 0 Å². The molecule has 0 radical (unpaired) electrons. The zero-order chi connectivity index (χ0) is 17.6. The van der Waals surface area contributed by atoms with Gasteiger partial charge >= 0.3 is 12.0 Å². The van der Waals surface area contributed by atoms with E-state index in [-0.39, 0.29) is 29.6 Å². The monoisotopic (exact) mass is 356 g/mol. The maximum atomic E-state index is 14.3. The molecule has 3 rings (SSSR count). The average Bonchev–Trinajstić information content (AvgIpc) is 3.04. The Bertz CT molecular complexity index is 717. The number of anilines is 1. The van der Waals surface area contributed by atoms with E-state index in [1.165, 1.54) is 4.90 Å². The highest BCUT2D eigenvalue weighted by molar-refractivity contribution is 6.34. The number of nitrogens with zero attached hydrogens (tertiary/aromatic N) is 2. The van der Waals surface area contributed by atoms with Crippen molar-refractivity contribution in [2.24, 2.45) is 0 Å². The van der Waals surface area contributed by atoms with Crippen molar-refractivity contribution in [3.63, 3.8) is 0 Å². The molecule has 2 aliphatic heterocycles. The van der Waals surface area contributed by atoms with Gasteiger partial charge in [-0.2, -0.15) is 0 Å². The van der Waals surface area contributed by atoms with Crippen LogP contribution in [-0.2, 0) is 14.3 Å². The van der Waals surface area contributed by atoms with E-state index in [2.05, 4.69) is 0 Å². The molecule has 9 heteroatoms. The van der Waals surface area contributed by atoms with Crippen LogP contribution in [-0.4, -0.2) is 48.3 Å². The van der Waals surface area contributed by atoms with E-state index >= 15 is 0 Å². The van der Waals surface area contributed by atoms with Crippen LogP contribution in [0.4, 0.5) is 14.9 Å². The Balaban J connectivity index is 2.01. The molecule has 1 atom stereocenters. The van der Waals surface area contributed by atoms with Gasteiger partial charge in [-0.05, 0) is 26.0 Å². The first-order chi connectivity index (χ1) is 11.3. The van der Waals surface area contributed by atoms with Gasteiger partial charge in [0.15, 0.2) is 0 Å². The minimum atomic E-state index is -0.884. The lowest BCUT2D eigenvalue weighted by Crippen LogP contribution is -2.34. The number of halogens is 2. The van der Waals surface area contributed by atoms with Crippen molar-refractivity contribution in [3.05, 3.63) is 28.5 Å². The molecule has 0 aromatic heterocycles. The molecular formula is C15H14ClFN2O5. The molecule has 0 N–H and O–H groups in total. The van der Waals surface area contributed by atoms with Crippen molar-refractivity contribution in [2.75, 3.05) is 18.2 Å². The minimum absolute atomic E-state index is 0.0385. The summed E-state index contributed by atoms with van der Waals surface area (Å²) in [5.74, 6) is -2.26. The number of rotatable bonds is 3. The third-order valence-corrected chi connectivity index (χ3v) is 3.98. The van der Waals surface area contributed by atoms with Crippen molar-refractivity contribution in [1.82, 2.24) is 4.90 Å². The number of amides is 3. The van der Waals surface area contributed by atoms with Crippen molar-refractivity contribution in [3.8, 4) is 0 Å². The van der Waals surface area contributed by atoms with Gasteiger partial charge in [-0.15, -0.1) is 0 Å². The van der Waals surface area contributed by atoms with E-state index in [9.17, 15) is 18.8 Å². The Labute approximate surface area is 141 Å². The van der Waals surface area contributed by atoms with Gasteiger partial charge in [-0.25, -0.2) is 18.9 Å². The first-order valence-electron chi connectivity index (χ1n) is 7.23. The Morgan fingerprint density at radius 1 is 1.42 bits per heavy atom. The smallest absolute Gasteiger partial charge is 0.339 e. The molecule has 1 aromatic carbocycles. The summed E-state index contributed by atoms with van der Waals surface area (Å²) in [4.78, 5) is 38.7. The first-order valence-corrected chi connectivity index (χ1v) is 7.61. The van der Waals surface area contributed by atoms with Crippen LogP contribution in [0.3, 0.4) is 0 Å². The zero-order valence-corrected chi connectivity index (χ0v) is 13.7. The first kappa shape index (κ1) is 16.7. The molecule has 24 heavy (non-hydrogen) atoms. The molecule has 128 valence electrons. The number of imide groups is 1. The predicted octanol–water partition coefficient (Wildman–Crippen LogP) is 2.17. The largest absolute Gasteiger partial charge is 0.459 e. The predicted molar refractivity (Wildman–Crippen MR) is 81.3 cm³/mol. The maximum absolute atomic E-state index is 14.3. The van der Waals surface area contributed by atoms with E-state index in [0.717, 1.165) is 12.1 Å². The van der Waals surface area contributed by atoms with E-state index in [4.69, 9.17) is 21.1 Å². The van der Waals surface area contributed by atoms with Crippen LogP contribution in [0.15, 0.2) is 12.1 Å². The highest BCUT2D eigenvalue weighted by atomic mass is 35.5. The van der Waals surface area contributed by atoms with Gasteiger partial charge in [-0.3, -0.25) is 9.69 Å². The fourth-order valence-corrected chi connectivity index (χ4v) is 2.80. The normalized spacial score (nSPS) is 20.1. The minimum Gasteiger partial charge on any atom is -0.459 e. The van der Waals surface area contributed by atoms with Crippen LogP contribution in [0.2, 0.25) is 5.02 Å². The third-order valence-electron chi connectivity index (χ3n) is 3.66. The number of urea groups is 1. The van der Waals surface area contributed by atoms with Crippen molar-refractivity contribution < 1.29 is 28.2 Å². The Hall–Kier alpha value is -2.19. The molecule has 0 aliphatic carbocycles. The lowest BCUT2D eigenvalue weighted by molar-refractivity contribution is -0.119. The number of hydrogen-bond acceptors (Lipinski definition) is 5. The fourth-order valence-electron chi connectivity index (χ4n) is 2.57. The van der Waals surface area contributed by atoms with Crippen molar-refractivity contribution in [2.45, 2.75) is 26.0 Å². The second kappa shape index (κ2) is 6.03. The Morgan fingerprint density at radius 2 is 2.12 bits per heavy atom. The number of hydrogen-bond donors (Lipinski definition) is 0. The Kier molecular flexibility index (Phi) is 4.18. The highest BCUT2D eigenvalue weighted by Gasteiger charge is 2.49. The number of esters is 1. The number of benzene rings is 1. The number of fused-ring (bicyclic) bond motifs is 1. The van der Waals surface area contributed by atoms with Gasteiger partial charge < -0.3 is 9.47 Å². The van der Waals surface area contributed by atoms with E-state index in [1.54, 1.807) is 13.8 Å². The fraction of sp³-hybridized carbons (Fsp3) is 0.400. The molecular weight excluding hydrogens is 343 g/mol. The summed E-state index contributed by atoms with van der Waals surface area (Å²) in [6.07, 6.45) is -0.403. The molecule has 2 saturated heterocycles. The summed E-state index contributed by atoms with van der Waals surface area (Å²) in [7, 11) is 0. The molecule has 0 unspecified atom stereocenters. The molecule has 7 nitrogen and oxygen atoms in total. The summed E-state index contributed by atoms with van der Waals surface area (Å²) in [6.45, 7) is 3.32. The number of carbonyl (C=O) groups is 3. The quantitative estimate of drug-likeness (QED) is 0.613. The third kappa shape index (κ3) is 2.61. The molecule has 2 heterocycles. The zero-order valence-electron chi connectivity index (χ0n) is 12.9. The highest BCUT2D eigenvalue weighted by Crippen LogP contribution is 2.33. The van der Waals surface area contributed by atoms with Crippen LogP contribution >= 0.6 is 11.6 Å². The number of ether oxygens (including phenoxy) is 2. The molecule has 0 spiro atoms. The summed E-state index contributed by atoms with van der Waals surface area (Å²) in [5, 5.41) is -0.162. The molecule has 0 saturated carbocycles. The lowest BCUT2D eigenvalue weighted by atomic mass is 10.1. The van der Waals surface area contributed by atoms with Gasteiger partial charge in [0.05, 0.1) is 29.0 Å². The SMILES string of the molecule is CC(C)OC(=O)c1cc(N2C(=O)[C@H]3COCN3C2=O)c(F)cc1Cl. The Morgan fingerprint density at radius 3 is 2.75 bits per heavy atom. The van der Waals surface area contributed by atoms with Gasteiger partial charge in [0.2, 0.25) is 0 Å². The van der Waals surface area contributed by atoms with Gasteiger partial charge in [0.1, 0.15) is 18.6 Å². The summed E-state index contributed by atoms with van der Waals surface area (Å²) in [6, 6.07) is 0.459. The second-order valence-corrected chi connectivity index (χ2v) is 6.09. The van der Waals surface area contributed by atoms with Gasteiger partial charge in [0.25, 0.3) is 5.91 Å². The molecule has 2 aliphatic rings. The average molecular weight is 357 g/mol.